The predicted octanol–water partition coefficient (Wildman–Crippen LogP) is 3.50. The van der Waals surface area contributed by atoms with Gasteiger partial charge in [-0.15, -0.1) is 0 Å². The van der Waals surface area contributed by atoms with Gasteiger partial charge in [0.15, 0.2) is 11.6 Å². The van der Waals surface area contributed by atoms with Crippen molar-refractivity contribution >= 4 is 21.8 Å². The van der Waals surface area contributed by atoms with E-state index in [9.17, 15) is 13.6 Å². The molecular weight excluding hydrogens is 304 g/mol. The zero-order chi connectivity index (χ0) is 13.7. The van der Waals surface area contributed by atoms with Crippen molar-refractivity contribution in [2.24, 2.45) is 5.92 Å². The van der Waals surface area contributed by atoms with Crippen molar-refractivity contribution in [1.82, 2.24) is 5.32 Å². The van der Waals surface area contributed by atoms with Gasteiger partial charge in [0.05, 0.1) is 5.56 Å². The van der Waals surface area contributed by atoms with Gasteiger partial charge < -0.3 is 5.32 Å². The maximum absolute atomic E-state index is 13.4. The molecule has 1 unspecified atom stereocenters. The van der Waals surface area contributed by atoms with Gasteiger partial charge in [0.25, 0.3) is 5.91 Å². The first-order valence-corrected chi connectivity index (χ1v) is 6.90. The molecule has 0 aliphatic rings. The predicted molar refractivity (Wildman–Crippen MR) is 70.9 cm³/mol. The standard InChI is InChI=1S/C13H16BrF2NO/c1-8(2)11(6-7-14)17-13(18)9-4-3-5-10(15)12(9)16/h3-5,8,11H,6-7H2,1-2H3,(H,17,18). The summed E-state index contributed by atoms with van der Waals surface area (Å²) in [6.45, 7) is 3.94. The van der Waals surface area contributed by atoms with Crippen LogP contribution in [-0.2, 0) is 0 Å². The molecule has 0 heterocycles. The molecule has 1 amide bonds. The van der Waals surface area contributed by atoms with E-state index in [1.807, 2.05) is 13.8 Å². The molecule has 1 aromatic rings. The average Bonchev–Trinajstić information content (AvgIpc) is 2.31. The molecule has 1 atom stereocenters. The van der Waals surface area contributed by atoms with Crippen molar-refractivity contribution in [2.45, 2.75) is 26.3 Å². The van der Waals surface area contributed by atoms with Crippen LogP contribution in [0.15, 0.2) is 18.2 Å². The Morgan fingerprint density at radius 2 is 2.06 bits per heavy atom. The first-order valence-electron chi connectivity index (χ1n) is 5.78. The molecule has 100 valence electrons. The van der Waals surface area contributed by atoms with Crippen LogP contribution in [0.3, 0.4) is 0 Å². The first kappa shape index (κ1) is 15.1. The summed E-state index contributed by atoms with van der Waals surface area (Å²) in [5.41, 5.74) is -0.254. The van der Waals surface area contributed by atoms with Crippen LogP contribution in [0.2, 0.25) is 0 Å². The van der Waals surface area contributed by atoms with Crippen molar-refractivity contribution in [3.8, 4) is 0 Å². The Kier molecular flexibility index (Phi) is 5.72. The Labute approximate surface area is 114 Å². The maximum Gasteiger partial charge on any atom is 0.254 e. The number of halogens is 3. The first-order chi connectivity index (χ1) is 8.47. The van der Waals surface area contributed by atoms with Gasteiger partial charge in [-0.1, -0.05) is 35.8 Å². The van der Waals surface area contributed by atoms with Crippen LogP contribution in [-0.4, -0.2) is 17.3 Å². The molecule has 1 aromatic carbocycles. The molecule has 0 spiro atoms. The van der Waals surface area contributed by atoms with Gasteiger partial charge in [-0.05, 0) is 24.5 Å². The molecule has 0 bridgehead atoms. The number of nitrogens with one attached hydrogen (secondary N) is 1. The lowest BCUT2D eigenvalue weighted by Gasteiger charge is -2.21. The third-order valence-corrected chi connectivity index (χ3v) is 3.20. The zero-order valence-corrected chi connectivity index (χ0v) is 11.9. The van der Waals surface area contributed by atoms with E-state index in [-0.39, 0.29) is 17.5 Å². The van der Waals surface area contributed by atoms with Crippen LogP contribution in [0.1, 0.15) is 30.6 Å². The summed E-state index contributed by atoms with van der Waals surface area (Å²) in [6.07, 6.45) is 0.736. The number of carbonyl (C=O) groups excluding carboxylic acids is 1. The molecule has 2 nitrogen and oxygen atoms in total. The molecule has 0 aliphatic heterocycles. The highest BCUT2D eigenvalue weighted by Gasteiger charge is 2.20. The van der Waals surface area contributed by atoms with Crippen LogP contribution in [0.4, 0.5) is 8.78 Å². The topological polar surface area (TPSA) is 29.1 Å². The van der Waals surface area contributed by atoms with E-state index in [4.69, 9.17) is 0 Å². The average molecular weight is 320 g/mol. The molecule has 0 aromatic heterocycles. The molecule has 1 rings (SSSR count). The summed E-state index contributed by atoms with van der Waals surface area (Å²) < 4.78 is 26.5. The second-order valence-electron chi connectivity index (χ2n) is 4.40. The van der Waals surface area contributed by atoms with Crippen molar-refractivity contribution < 1.29 is 13.6 Å². The minimum absolute atomic E-state index is 0.0699. The van der Waals surface area contributed by atoms with Crippen molar-refractivity contribution in [3.05, 3.63) is 35.4 Å². The number of carbonyl (C=O) groups is 1. The van der Waals surface area contributed by atoms with Crippen molar-refractivity contribution in [1.29, 1.82) is 0 Å². The highest BCUT2D eigenvalue weighted by atomic mass is 79.9. The quantitative estimate of drug-likeness (QED) is 0.827. The van der Waals surface area contributed by atoms with E-state index in [0.29, 0.717) is 0 Å². The van der Waals surface area contributed by atoms with Gasteiger partial charge in [-0.25, -0.2) is 8.78 Å². The highest BCUT2D eigenvalue weighted by Crippen LogP contribution is 2.13. The van der Waals surface area contributed by atoms with Crippen LogP contribution in [0.25, 0.3) is 0 Å². The van der Waals surface area contributed by atoms with Gasteiger partial charge >= 0.3 is 0 Å². The van der Waals surface area contributed by atoms with E-state index in [1.54, 1.807) is 0 Å². The van der Waals surface area contributed by atoms with Crippen LogP contribution >= 0.6 is 15.9 Å². The number of rotatable bonds is 5. The molecule has 5 heteroatoms. The largest absolute Gasteiger partial charge is 0.349 e. The van der Waals surface area contributed by atoms with Gasteiger partial charge in [0.2, 0.25) is 0 Å². The Morgan fingerprint density at radius 1 is 1.39 bits per heavy atom. The monoisotopic (exact) mass is 319 g/mol. The fraction of sp³-hybridized carbons (Fsp3) is 0.462. The molecule has 0 saturated heterocycles. The maximum atomic E-state index is 13.4. The third kappa shape index (κ3) is 3.77. The minimum atomic E-state index is -1.10. The Morgan fingerprint density at radius 3 is 2.61 bits per heavy atom. The van der Waals surface area contributed by atoms with Gasteiger partial charge in [0, 0.05) is 11.4 Å². The van der Waals surface area contributed by atoms with Gasteiger partial charge in [-0.3, -0.25) is 4.79 Å². The Hall–Kier alpha value is -0.970. The zero-order valence-electron chi connectivity index (χ0n) is 10.3. The molecule has 0 aliphatic carbocycles. The van der Waals surface area contributed by atoms with Crippen molar-refractivity contribution in [2.75, 3.05) is 5.33 Å². The summed E-state index contributed by atoms with van der Waals surface area (Å²) in [4.78, 5) is 11.9. The van der Waals surface area contributed by atoms with Gasteiger partial charge in [0.1, 0.15) is 0 Å². The summed E-state index contributed by atoms with van der Waals surface area (Å²) in [5, 5.41) is 3.46. The van der Waals surface area contributed by atoms with Crippen molar-refractivity contribution in [3.63, 3.8) is 0 Å². The lowest BCUT2D eigenvalue weighted by molar-refractivity contribution is 0.0920. The van der Waals surface area contributed by atoms with E-state index < -0.39 is 17.5 Å². The molecule has 0 saturated carbocycles. The normalized spacial score (nSPS) is 12.6. The van der Waals surface area contributed by atoms with Gasteiger partial charge in [-0.2, -0.15) is 0 Å². The highest BCUT2D eigenvalue weighted by molar-refractivity contribution is 9.09. The second kappa shape index (κ2) is 6.83. The Bertz CT molecular complexity index is 423. The SMILES string of the molecule is CC(C)C(CCBr)NC(=O)c1cccc(F)c1F. The molecule has 1 N–H and O–H groups in total. The number of hydrogen-bond acceptors (Lipinski definition) is 1. The van der Waals surface area contributed by atoms with E-state index in [1.165, 1.54) is 12.1 Å². The minimum Gasteiger partial charge on any atom is -0.349 e. The smallest absolute Gasteiger partial charge is 0.254 e. The molecular formula is C13H16BrF2NO. The number of alkyl halides is 1. The lowest BCUT2D eigenvalue weighted by Crippen LogP contribution is -2.39. The molecule has 0 fully saturated rings. The number of hydrogen-bond donors (Lipinski definition) is 1. The van der Waals surface area contributed by atoms with E-state index in [0.717, 1.165) is 17.8 Å². The fourth-order valence-electron chi connectivity index (χ4n) is 1.62. The summed E-state index contributed by atoms with van der Waals surface area (Å²) in [6, 6.07) is 3.52. The number of benzene rings is 1. The van der Waals surface area contributed by atoms with E-state index >= 15 is 0 Å². The summed E-state index contributed by atoms with van der Waals surface area (Å²) in [7, 11) is 0. The van der Waals surface area contributed by atoms with Crippen LogP contribution < -0.4 is 5.32 Å². The van der Waals surface area contributed by atoms with Crippen LogP contribution in [0.5, 0.6) is 0 Å². The second-order valence-corrected chi connectivity index (χ2v) is 5.20. The van der Waals surface area contributed by atoms with Crippen LogP contribution in [0, 0.1) is 17.6 Å². The fourth-order valence-corrected chi connectivity index (χ4v) is 2.11. The summed E-state index contributed by atoms with van der Waals surface area (Å²) >= 11 is 3.31. The third-order valence-electron chi connectivity index (χ3n) is 2.74. The number of amides is 1. The van der Waals surface area contributed by atoms with E-state index in [2.05, 4.69) is 21.2 Å². The Balaban J connectivity index is 2.84. The molecule has 18 heavy (non-hydrogen) atoms. The molecule has 0 radical (unpaired) electrons. The summed E-state index contributed by atoms with van der Waals surface area (Å²) in [5.74, 6) is -2.46. The lowest BCUT2D eigenvalue weighted by atomic mass is 10.0.